The minimum Gasteiger partial charge on any atom is -0.354 e. The van der Waals surface area contributed by atoms with Gasteiger partial charge in [0.2, 0.25) is 0 Å². The van der Waals surface area contributed by atoms with Crippen LogP contribution in [0.4, 0.5) is 0 Å². The first-order valence-corrected chi connectivity index (χ1v) is 10.1. The highest BCUT2D eigenvalue weighted by molar-refractivity contribution is 5.95. The summed E-state index contributed by atoms with van der Waals surface area (Å²) in [5.41, 5.74) is 2.64. The third-order valence-electron chi connectivity index (χ3n) is 6.01. The summed E-state index contributed by atoms with van der Waals surface area (Å²) in [4.78, 5) is 40.8. The van der Waals surface area contributed by atoms with E-state index in [1.165, 1.54) is 12.4 Å². The minimum atomic E-state index is -0.203. The summed E-state index contributed by atoms with van der Waals surface area (Å²) < 4.78 is 2.13. The van der Waals surface area contributed by atoms with E-state index in [1.807, 2.05) is 35.2 Å². The van der Waals surface area contributed by atoms with Crippen molar-refractivity contribution >= 4 is 11.8 Å². The lowest BCUT2D eigenvalue weighted by Gasteiger charge is -2.27. The van der Waals surface area contributed by atoms with Crippen LogP contribution in [-0.2, 0) is 13.0 Å². The summed E-state index contributed by atoms with van der Waals surface area (Å²) in [6.45, 7) is 0.603. The number of carbonyl (C=O) groups is 2. The normalized spacial score (nSPS) is 19.8. The molecule has 2 bridgehead atoms. The van der Waals surface area contributed by atoms with Crippen LogP contribution in [0.5, 0.6) is 0 Å². The van der Waals surface area contributed by atoms with Crippen molar-refractivity contribution in [1.29, 1.82) is 0 Å². The molecule has 2 aliphatic heterocycles. The van der Waals surface area contributed by atoms with Crippen molar-refractivity contribution in [3.8, 4) is 11.4 Å². The van der Waals surface area contributed by atoms with Crippen molar-refractivity contribution in [3.63, 3.8) is 0 Å². The number of imidazole rings is 1. The van der Waals surface area contributed by atoms with E-state index in [0.29, 0.717) is 24.4 Å². The van der Waals surface area contributed by atoms with Crippen molar-refractivity contribution in [2.75, 3.05) is 7.05 Å². The molecule has 2 aromatic heterocycles. The standard InChI is InChI=1S/C22H22N6O2/c1-23-21(29)19-18-11-15-7-8-16(28(15)22(30)17-12-24-9-10-25-17)13-27(18)20(26-19)14-5-3-2-4-6-14/h2-6,9-10,12,15-16H,7-8,11,13H2,1H3,(H,23,29)/t15-,16+/m0/s1. The molecule has 1 aromatic carbocycles. The number of rotatable bonds is 3. The third kappa shape index (κ3) is 2.96. The molecule has 0 spiro atoms. The van der Waals surface area contributed by atoms with Gasteiger partial charge < -0.3 is 14.8 Å². The molecule has 8 heteroatoms. The number of nitrogens with one attached hydrogen (secondary N) is 1. The van der Waals surface area contributed by atoms with Gasteiger partial charge in [-0.15, -0.1) is 0 Å². The van der Waals surface area contributed by atoms with E-state index < -0.39 is 0 Å². The summed E-state index contributed by atoms with van der Waals surface area (Å²) in [6.07, 6.45) is 7.02. The summed E-state index contributed by atoms with van der Waals surface area (Å²) in [6, 6.07) is 9.91. The Balaban J connectivity index is 1.58. The fraction of sp³-hybridized carbons (Fsp3) is 0.318. The maximum absolute atomic E-state index is 13.2. The van der Waals surface area contributed by atoms with E-state index in [9.17, 15) is 9.59 Å². The van der Waals surface area contributed by atoms with E-state index in [2.05, 4.69) is 19.9 Å². The van der Waals surface area contributed by atoms with Crippen LogP contribution in [0.25, 0.3) is 11.4 Å². The molecule has 152 valence electrons. The predicted molar refractivity (Wildman–Crippen MR) is 110 cm³/mol. The van der Waals surface area contributed by atoms with Crippen LogP contribution in [-0.4, -0.2) is 55.4 Å². The van der Waals surface area contributed by atoms with Gasteiger partial charge in [-0.3, -0.25) is 14.6 Å². The molecule has 1 saturated heterocycles. The SMILES string of the molecule is CNC(=O)c1nc(-c2ccccc2)n2c1C[C@@H]1CC[C@H](C2)N1C(=O)c1cnccn1. The second kappa shape index (κ2) is 7.37. The molecule has 0 radical (unpaired) electrons. The van der Waals surface area contributed by atoms with Crippen molar-refractivity contribution in [3.05, 3.63) is 66.0 Å². The molecule has 30 heavy (non-hydrogen) atoms. The minimum absolute atomic E-state index is 0.00878. The van der Waals surface area contributed by atoms with Gasteiger partial charge in [0.1, 0.15) is 17.2 Å². The molecule has 2 aliphatic rings. The Bertz CT molecular complexity index is 1100. The van der Waals surface area contributed by atoms with Crippen molar-refractivity contribution in [1.82, 2.24) is 29.7 Å². The summed E-state index contributed by atoms with van der Waals surface area (Å²) in [7, 11) is 1.61. The molecule has 2 amide bonds. The smallest absolute Gasteiger partial charge is 0.274 e. The van der Waals surface area contributed by atoms with Crippen LogP contribution in [0.3, 0.4) is 0 Å². The number of amides is 2. The lowest BCUT2D eigenvalue weighted by atomic mass is 10.1. The molecule has 0 unspecified atom stereocenters. The lowest BCUT2D eigenvalue weighted by Crippen LogP contribution is -2.42. The monoisotopic (exact) mass is 402 g/mol. The fourth-order valence-electron chi connectivity index (χ4n) is 4.65. The Morgan fingerprint density at radius 2 is 1.90 bits per heavy atom. The van der Waals surface area contributed by atoms with Gasteiger partial charge in [-0.1, -0.05) is 30.3 Å². The highest BCUT2D eigenvalue weighted by atomic mass is 16.2. The molecule has 2 atom stereocenters. The van der Waals surface area contributed by atoms with Gasteiger partial charge in [0.15, 0.2) is 0 Å². The van der Waals surface area contributed by atoms with E-state index in [4.69, 9.17) is 4.98 Å². The first-order chi connectivity index (χ1) is 14.7. The lowest BCUT2D eigenvalue weighted by molar-refractivity contribution is 0.0659. The van der Waals surface area contributed by atoms with Gasteiger partial charge in [0, 0.05) is 44.0 Å². The number of aromatic nitrogens is 4. The summed E-state index contributed by atoms with van der Waals surface area (Å²) in [5.74, 6) is 0.464. The second-order valence-electron chi connectivity index (χ2n) is 7.68. The largest absolute Gasteiger partial charge is 0.354 e. The van der Waals surface area contributed by atoms with Gasteiger partial charge in [-0.25, -0.2) is 9.97 Å². The Kier molecular flexibility index (Phi) is 4.54. The molecular formula is C22H22N6O2. The van der Waals surface area contributed by atoms with E-state index >= 15 is 0 Å². The van der Waals surface area contributed by atoms with Gasteiger partial charge in [0.25, 0.3) is 11.8 Å². The summed E-state index contributed by atoms with van der Waals surface area (Å²) in [5, 5.41) is 2.71. The number of hydrogen-bond acceptors (Lipinski definition) is 5. The maximum Gasteiger partial charge on any atom is 0.274 e. The zero-order chi connectivity index (χ0) is 20.7. The van der Waals surface area contributed by atoms with E-state index in [-0.39, 0.29) is 23.9 Å². The number of carbonyl (C=O) groups excluding carboxylic acids is 2. The number of benzene rings is 1. The van der Waals surface area contributed by atoms with Gasteiger partial charge in [0.05, 0.1) is 17.9 Å². The van der Waals surface area contributed by atoms with Crippen LogP contribution in [0, 0.1) is 0 Å². The molecule has 1 fully saturated rings. The van der Waals surface area contributed by atoms with Crippen molar-refractivity contribution in [2.45, 2.75) is 37.9 Å². The van der Waals surface area contributed by atoms with Crippen molar-refractivity contribution in [2.24, 2.45) is 0 Å². The maximum atomic E-state index is 13.2. The number of nitrogens with zero attached hydrogens (tertiary/aromatic N) is 5. The Labute approximate surface area is 174 Å². The second-order valence-corrected chi connectivity index (χ2v) is 7.68. The fourth-order valence-corrected chi connectivity index (χ4v) is 4.65. The number of hydrogen-bond donors (Lipinski definition) is 1. The highest BCUT2D eigenvalue weighted by Gasteiger charge is 2.42. The molecule has 5 rings (SSSR count). The molecule has 4 heterocycles. The van der Waals surface area contributed by atoms with Gasteiger partial charge in [-0.2, -0.15) is 0 Å². The first kappa shape index (κ1) is 18.5. The predicted octanol–water partition coefficient (Wildman–Crippen LogP) is 1.93. The van der Waals surface area contributed by atoms with Crippen LogP contribution >= 0.6 is 0 Å². The molecule has 3 aromatic rings. The van der Waals surface area contributed by atoms with Crippen LogP contribution in [0.15, 0.2) is 48.9 Å². The van der Waals surface area contributed by atoms with E-state index in [1.54, 1.807) is 13.2 Å². The Morgan fingerprint density at radius 1 is 1.10 bits per heavy atom. The van der Waals surface area contributed by atoms with Crippen molar-refractivity contribution < 1.29 is 9.59 Å². The topological polar surface area (TPSA) is 93.0 Å². The van der Waals surface area contributed by atoms with Crippen LogP contribution < -0.4 is 5.32 Å². The highest BCUT2D eigenvalue weighted by Crippen LogP contribution is 2.36. The molecule has 0 aliphatic carbocycles. The van der Waals surface area contributed by atoms with Crippen LogP contribution in [0.1, 0.15) is 39.5 Å². The average Bonchev–Trinajstić information content (AvgIpc) is 3.30. The third-order valence-corrected chi connectivity index (χ3v) is 6.01. The van der Waals surface area contributed by atoms with Gasteiger partial charge >= 0.3 is 0 Å². The molecule has 1 N–H and O–H groups in total. The number of fused-ring (bicyclic) bond motifs is 3. The molecule has 0 saturated carbocycles. The zero-order valence-electron chi connectivity index (χ0n) is 16.7. The Hall–Kier alpha value is -3.55. The van der Waals surface area contributed by atoms with E-state index in [0.717, 1.165) is 29.9 Å². The average molecular weight is 402 g/mol. The zero-order valence-corrected chi connectivity index (χ0v) is 16.7. The van der Waals surface area contributed by atoms with Gasteiger partial charge in [-0.05, 0) is 12.8 Å². The van der Waals surface area contributed by atoms with Crippen LogP contribution in [0.2, 0.25) is 0 Å². The summed E-state index contributed by atoms with van der Waals surface area (Å²) >= 11 is 0. The first-order valence-electron chi connectivity index (χ1n) is 10.1. The molecular weight excluding hydrogens is 380 g/mol. The quantitative estimate of drug-likeness (QED) is 0.723. The Morgan fingerprint density at radius 3 is 2.63 bits per heavy atom. The molecule has 8 nitrogen and oxygen atoms in total.